The third-order valence-electron chi connectivity index (χ3n) is 3.88. The number of rotatable bonds is 6. The summed E-state index contributed by atoms with van der Waals surface area (Å²) in [7, 11) is 0. The van der Waals surface area contributed by atoms with Crippen LogP contribution in [-0.4, -0.2) is 29.3 Å². The molecule has 0 unspecified atom stereocenters. The highest BCUT2D eigenvalue weighted by atomic mass is 15.3. The fourth-order valence-electron chi connectivity index (χ4n) is 2.77. The molecule has 4 nitrogen and oxygen atoms in total. The summed E-state index contributed by atoms with van der Waals surface area (Å²) in [6.45, 7) is 7.86. The zero-order valence-corrected chi connectivity index (χ0v) is 12.6. The zero-order valence-electron chi connectivity index (χ0n) is 12.6. The number of hydrogen-bond donors (Lipinski definition) is 1. The van der Waals surface area contributed by atoms with E-state index < -0.39 is 0 Å². The minimum Gasteiger partial charge on any atom is -0.350 e. The number of nitrogens with two attached hydrogens (primary N) is 1. The SMILES string of the molecule is CCC(CC)N(CCN)c1nnc(C)c2ccccc12. The molecule has 2 aromatic rings. The van der Waals surface area contributed by atoms with E-state index in [9.17, 15) is 0 Å². The molecule has 0 saturated carbocycles. The molecule has 1 aromatic heterocycles. The van der Waals surface area contributed by atoms with Gasteiger partial charge in [-0.15, -0.1) is 5.10 Å². The van der Waals surface area contributed by atoms with Crippen LogP contribution in [-0.2, 0) is 0 Å². The molecular formula is C16H24N4. The summed E-state index contributed by atoms with van der Waals surface area (Å²) in [5, 5.41) is 11.1. The van der Waals surface area contributed by atoms with Crippen LogP contribution in [0, 0.1) is 6.92 Å². The Morgan fingerprint density at radius 2 is 1.75 bits per heavy atom. The van der Waals surface area contributed by atoms with Crippen LogP contribution in [0.25, 0.3) is 10.8 Å². The van der Waals surface area contributed by atoms with Crippen LogP contribution in [0.1, 0.15) is 32.4 Å². The van der Waals surface area contributed by atoms with E-state index in [0.717, 1.165) is 30.9 Å². The van der Waals surface area contributed by atoms with Crippen molar-refractivity contribution in [1.82, 2.24) is 10.2 Å². The van der Waals surface area contributed by atoms with Gasteiger partial charge >= 0.3 is 0 Å². The van der Waals surface area contributed by atoms with Crippen molar-refractivity contribution in [2.24, 2.45) is 5.73 Å². The lowest BCUT2D eigenvalue weighted by atomic mass is 10.1. The molecule has 0 aliphatic rings. The Bertz CT molecular complexity index is 563. The van der Waals surface area contributed by atoms with Crippen LogP contribution in [0.3, 0.4) is 0 Å². The van der Waals surface area contributed by atoms with Gasteiger partial charge in [-0.05, 0) is 19.8 Å². The van der Waals surface area contributed by atoms with E-state index in [4.69, 9.17) is 5.73 Å². The van der Waals surface area contributed by atoms with Gasteiger partial charge in [0.05, 0.1) is 5.69 Å². The maximum Gasteiger partial charge on any atom is 0.159 e. The second-order valence-corrected chi connectivity index (χ2v) is 5.11. The summed E-state index contributed by atoms with van der Waals surface area (Å²) in [5.74, 6) is 0.963. The molecule has 0 amide bonds. The number of hydrogen-bond acceptors (Lipinski definition) is 4. The van der Waals surface area contributed by atoms with E-state index in [2.05, 4.69) is 47.1 Å². The molecule has 0 atom stereocenters. The van der Waals surface area contributed by atoms with E-state index in [1.807, 2.05) is 13.0 Å². The van der Waals surface area contributed by atoms with Crippen LogP contribution in [0.2, 0.25) is 0 Å². The normalized spacial score (nSPS) is 11.2. The van der Waals surface area contributed by atoms with E-state index in [1.54, 1.807) is 0 Å². The molecule has 20 heavy (non-hydrogen) atoms. The Labute approximate surface area is 121 Å². The van der Waals surface area contributed by atoms with Crippen molar-refractivity contribution in [2.75, 3.05) is 18.0 Å². The summed E-state index contributed by atoms with van der Waals surface area (Å²) in [6, 6.07) is 8.79. The van der Waals surface area contributed by atoms with Crippen molar-refractivity contribution < 1.29 is 0 Å². The predicted octanol–water partition coefficient (Wildman–Crippen LogP) is 2.89. The minimum atomic E-state index is 0.457. The molecule has 0 spiro atoms. The van der Waals surface area contributed by atoms with Crippen molar-refractivity contribution in [3.05, 3.63) is 30.0 Å². The van der Waals surface area contributed by atoms with Gasteiger partial charge in [-0.1, -0.05) is 38.1 Å². The van der Waals surface area contributed by atoms with Crippen LogP contribution in [0.4, 0.5) is 5.82 Å². The van der Waals surface area contributed by atoms with Gasteiger partial charge in [-0.3, -0.25) is 0 Å². The van der Waals surface area contributed by atoms with Crippen molar-refractivity contribution in [3.8, 4) is 0 Å². The fraction of sp³-hybridized carbons (Fsp3) is 0.500. The first kappa shape index (κ1) is 14.7. The topological polar surface area (TPSA) is 55.0 Å². The molecule has 0 fully saturated rings. The van der Waals surface area contributed by atoms with Crippen molar-refractivity contribution in [1.29, 1.82) is 0 Å². The summed E-state index contributed by atoms with van der Waals surface area (Å²) >= 11 is 0. The molecule has 0 aliphatic heterocycles. The predicted molar refractivity (Wildman–Crippen MR) is 85.0 cm³/mol. The number of aryl methyl sites for hydroxylation is 1. The highest BCUT2D eigenvalue weighted by Crippen LogP contribution is 2.27. The molecule has 0 bridgehead atoms. The van der Waals surface area contributed by atoms with Crippen molar-refractivity contribution in [3.63, 3.8) is 0 Å². The van der Waals surface area contributed by atoms with Gasteiger partial charge in [-0.25, -0.2) is 0 Å². The van der Waals surface area contributed by atoms with Crippen molar-refractivity contribution in [2.45, 2.75) is 39.7 Å². The van der Waals surface area contributed by atoms with Crippen LogP contribution in [0.15, 0.2) is 24.3 Å². The van der Waals surface area contributed by atoms with Gasteiger partial charge in [-0.2, -0.15) is 5.10 Å². The first-order chi connectivity index (χ1) is 9.72. The minimum absolute atomic E-state index is 0.457. The van der Waals surface area contributed by atoms with Gasteiger partial charge in [0.25, 0.3) is 0 Å². The summed E-state index contributed by atoms with van der Waals surface area (Å²) in [5.41, 5.74) is 6.77. The second-order valence-electron chi connectivity index (χ2n) is 5.11. The molecule has 1 aromatic carbocycles. The first-order valence-corrected chi connectivity index (χ1v) is 7.41. The number of nitrogens with zero attached hydrogens (tertiary/aromatic N) is 3. The van der Waals surface area contributed by atoms with Crippen molar-refractivity contribution >= 4 is 16.6 Å². The molecule has 2 N–H and O–H groups in total. The smallest absolute Gasteiger partial charge is 0.159 e. The van der Waals surface area contributed by atoms with Gasteiger partial charge in [0.15, 0.2) is 5.82 Å². The average Bonchev–Trinajstić information content (AvgIpc) is 2.48. The quantitative estimate of drug-likeness (QED) is 0.878. The highest BCUT2D eigenvalue weighted by molar-refractivity contribution is 5.93. The standard InChI is InChI=1S/C16H24N4/c1-4-13(5-2)20(11-10-17)16-15-9-7-6-8-14(15)12(3)18-19-16/h6-9,13H,4-5,10-11,17H2,1-3H3. The number of benzene rings is 1. The molecule has 1 heterocycles. The number of aromatic nitrogens is 2. The Kier molecular flexibility index (Phi) is 4.90. The Balaban J connectivity index is 2.56. The molecule has 4 heteroatoms. The highest BCUT2D eigenvalue weighted by Gasteiger charge is 2.19. The largest absolute Gasteiger partial charge is 0.350 e. The van der Waals surface area contributed by atoms with E-state index in [0.29, 0.717) is 12.6 Å². The molecule has 0 radical (unpaired) electrons. The Morgan fingerprint density at radius 1 is 1.10 bits per heavy atom. The molecule has 0 aliphatic carbocycles. The number of anilines is 1. The fourth-order valence-corrected chi connectivity index (χ4v) is 2.77. The molecule has 0 saturated heterocycles. The first-order valence-electron chi connectivity index (χ1n) is 7.41. The van der Waals surface area contributed by atoms with Gasteiger partial charge in [0.2, 0.25) is 0 Å². The third kappa shape index (κ3) is 2.75. The summed E-state index contributed by atoms with van der Waals surface area (Å²) in [4.78, 5) is 2.31. The van der Waals surface area contributed by atoms with Gasteiger partial charge in [0.1, 0.15) is 0 Å². The van der Waals surface area contributed by atoms with E-state index in [-0.39, 0.29) is 0 Å². The van der Waals surface area contributed by atoms with Gasteiger partial charge < -0.3 is 10.6 Å². The van der Waals surface area contributed by atoms with Gasteiger partial charge in [0, 0.05) is 29.9 Å². The zero-order chi connectivity index (χ0) is 14.5. The lowest BCUT2D eigenvalue weighted by Gasteiger charge is -2.31. The lowest BCUT2D eigenvalue weighted by Crippen LogP contribution is -2.39. The Hall–Kier alpha value is -1.68. The van der Waals surface area contributed by atoms with E-state index >= 15 is 0 Å². The average molecular weight is 272 g/mol. The molecule has 108 valence electrons. The van der Waals surface area contributed by atoms with E-state index in [1.165, 1.54) is 10.8 Å². The summed E-state index contributed by atoms with van der Waals surface area (Å²) in [6.07, 6.45) is 2.17. The Morgan fingerprint density at radius 3 is 2.35 bits per heavy atom. The summed E-state index contributed by atoms with van der Waals surface area (Å²) < 4.78 is 0. The van der Waals surface area contributed by atoms with Crippen LogP contribution < -0.4 is 10.6 Å². The third-order valence-corrected chi connectivity index (χ3v) is 3.88. The maximum atomic E-state index is 5.80. The van der Waals surface area contributed by atoms with Crippen LogP contribution in [0.5, 0.6) is 0 Å². The molecule has 2 rings (SSSR count). The molecular weight excluding hydrogens is 248 g/mol. The monoisotopic (exact) mass is 272 g/mol. The lowest BCUT2D eigenvalue weighted by molar-refractivity contribution is 0.553. The second kappa shape index (κ2) is 6.66. The maximum absolute atomic E-state index is 5.80. The van der Waals surface area contributed by atoms with Crippen LogP contribution >= 0.6 is 0 Å². The number of fused-ring (bicyclic) bond motifs is 1.